The smallest absolute Gasteiger partial charge is 0.331 e. The van der Waals surface area contributed by atoms with Crippen LogP contribution in [0.25, 0.3) is 0 Å². The summed E-state index contributed by atoms with van der Waals surface area (Å²) < 4.78 is 10.2. The number of nitrogens with one attached hydrogen (secondary N) is 1. The van der Waals surface area contributed by atoms with Crippen molar-refractivity contribution in [1.82, 2.24) is 5.32 Å². The van der Waals surface area contributed by atoms with E-state index in [1.165, 1.54) is 0 Å². The second-order valence-corrected chi connectivity index (χ2v) is 4.70. The molecule has 1 saturated heterocycles. The predicted molar refractivity (Wildman–Crippen MR) is 57.5 cm³/mol. The van der Waals surface area contributed by atoms with Gasteiger partial charge in [0.1, 0.15) is 6.61 Å². The first-order valence-corrected chi connectivity index (χ1v) is 5.82. The fourth-order valence-electron chi connectivity index (χ4n) is 1.79. The van der Waals surface area contributed by atoms with Crippen LogP contribution in [0.4, 0.5) is 0 Å². The third-order valence-corrected chi connectivity index (χ3v) is 3.09. The third-order valence-electron chi connectivity index (χ3n) is 3.09. The van der Waals surface area contributed by atoms with Gasteiger partial charge in [-0.15, -0.1) is 0 Å². The zero-order valence-corrected chi connectivity index (χ0v) is 9.61. The Morgan fingerprint density at radius 3 is 2.76 bits per heavy atom. The maximum absolute atomic E-state index is 11.6. The molecule has 0 aromatic heterocycles. The average molecular weight is 243 g/mol. The van der Waals surface area contributed by atoms with Crippen LogP contribution in [0.3, 0.4) is 0 Å². The molecule has 0 bridgehead atoms. The van der Waals surface area contributed by atoms with Crippen molar-refractivity contribution in [3.63, 3.8) is 0 Å². The molecule has 0 aromatic carbocycles. The maximum atomic E-state index is 11.6. The molecule has 0 radical (unpaired) electrons. The largest absolute Gasteiger partial charge is 0.479 e. The number of aliphatic carboxylic acids is 1. The van der Waals surface area contributed by atoms with Gasteiger partial charge in [-0.25, -0.2) is 4.79 Å². The van der Waals surface area contributed by atoms with E-state index >= 15 is 0 Å². The Kier molecular flexibility index (Phi) is 3.63. The average Bonchev–Trinajstić information content (AvgIpc) is 2.96. The SMILES string of the molecule is O=C(COCC1CC1)NC1(C(=O)O)CCOC1. The molecule has 2 aliphatic rings. The molecule has 1 amide bonds. The zero-order valence-electron chi connectivity index (χ0n) is 9.61. The fraction of sp³-hybridized carbons (Fsp3) is 0.818. The van der Waals surface area contributed by atoms with Crippen molar-refractivity contribution in [1.29, 1.82) is 0 Å². The van der Waals surface area contributed by atoms with Crippen molar-refractivity contribution < 1.29 is 24.2 Å². The number of carbonyl (C=O) groups is 2. The van der Waals surface area contributed by atoms with Gasteiger partial charge in [0.25, 0.3) is 0 Å². The lowest BCUT2D eigenvalue weighted by atomic mass is 9.99. The topological polar surface area (TPSA) is 84.9 Å². The molecule has 1 aliphatic heterocycles. The van der Waals surface area contributed by atoms with Crippen LogP contribution in [0.1, 0.15) is 19.3 Å². The van der Waals surface area contributed by atoms with E-state index in [9.17, 15) is 9.59 Å². The van der Waals surface area contributed by atoms with Crippen LogP contribution in [0.15, 0.2) is 0 Å². The monoisotopic (exact) mass is 243 g/mol. The van der Waals surface area contributed by atoms with Gasteiger partial charge in [0.05, 0.1) is 13.2 Å². The standard InChI is InChI=1S/C11H17NO5/c13-9(6-17-5-8-1-2-8)12-11(10(14)15)3-4-16-7-11/h8H,1-7H2,(H,12,13)(H,14,15). The maximum Gasteiger partial charge on any atom is 0.331 e. The first-order valence-electron chi connectivity index (χ1n) is 5.82. The predicted octanol–water partition coefficient (Wildman–Crippen LogP) is -0.227. The van der Waals surface area contributed by atoms with E-state index in [1.807, 2.05) is 0 Å². The van der Waals surface area contributed by atoms with Gasteiger partial charge in [-0.3, -0.25) is 4.79 Å². The second-order valence-electron chi connectivity index (χ2n) is 4.70. The molecule has 2 rings (SSSR count). The minimum absolute atomic E-state index is 0.0245. The van der Waals surface area contributed by atoms with Crippen molar-refractivity contribution >= 4 is 11.9 Å². The van der Waals surface area contributed by atoms with E-state index < -0.39 is 17.4 Å². The summed E-state index contributed by atoms with van der Waals surface area (Å²) in [6.07, 6.45) is 2.62. The van der Waals surface area contributed by atoms with E-state index in [-0.39, 0.29) is 13.2 Å². The summed E-state index contributed by atoms with van der Waals surface area (Å²) in [5.74, 6) is -0.852. The van der Waals surface area contributed by atoms with Gasteiger partial charge in [0.15, 0.2) is 5.54 Å². The molecule has 1 aliphatic carbocycles. The van der Waals surface area contributed by atoms with Gasteiger partial charge in [0, 0.05) is 13.0 Å². The molecule has 2 N–H and O–H groups in total. The van der Waals surface area contributed by atoms with Crippen LogP contribution >= 0.6 is 0 Å². The molecule has 1 atom stereocenters. The fourth-order valence-corrected chi connectivity index (χ4v) is 1.79. The molecule has 2 fully saturated rings. The first-order chi connectivity index (χ1) is 8.12. The number of hydrogen-bond donors (Lipinski definition) is 2. The second kappa shape index (κ2) is 5.01. The van der Waals surface area contributed by atoms with E-state index in [4.69, 9.17) is 14.6 Å². The normalized spacial score (nSPS) is 28.0. The van der Waals surface area contributed by atoms with E-state index in [1.54, 1.807) is 0 Å². The quantitative estimate of drug-likeness (QED) is 0.673. The molecule has 96 valence electrons. The lowest BCUT2D eigenvalue weighted by Gasteiger charge is -2.23. The Bertz CT molecular complexity index is 307. The molecule has 1 saturated carbocycles. The highest BCUT2D eigenvalue weighted by Gasteiger charge is 2.43. The molecular weight excluding hydrogens is 226 g/mol. The highest BCUT2D eigenvalue weighted by atomic mass is 16.5. The molecule has 0 spiro atoms. The summed E-state index contributed by atoms with van der Waals surface area (Å²) in [7, 11) is 0. The highest BCUT2D eigenvalue weighted by Crippen LogP contribution is 2.28. The molecular formula is C11H17NO5. The Balaban J connectivity index is 1.76. The van der Waals surface area contributed by atoms with E-state index in [0.29, 0.717) is 25.6 Å². The van der Waals surface area contributed by atoms with Gasteiger partial charge in [-0.05, 0) is 18.8 Å². The number of carboxylic acids is 1. The summed E-state index contributed by atoms with van der Waals surface area (Å²) in [6.45, 7) is 0.891. The van der Waals surface area contributed by atoms with Crippen molar-refractivity contribution in [3.05, 3.63) is 0 Å². The first kappa shape index (κ1) is 12.3. The van der Waals surface area contributed by atoms with Crippen LogP contribution in [0.2, 0.25) is 0 Å². The van der Waals surface area contributed by atoms with Gasteiger partial charge < -0.3 is 19.9 Å². The molecule has 17 heavy (non-hydrogen) atoms. The highest BCUT2D eigenvalue weighted by molar-refractivity contribution is 5.87. The zero-order chi connectivity index (χ0) is 12.3. The Morgan fingerprint density at radius 2 is 2.24 bits per heavy atom. The van der Waals surface area contributed by atoms with Gasteiger partial charge in [-0.1, -0.05) is 0 Å². The van der Waals surface area contributed by atoms with Crippen molar-refractivity contribution in [2.24, 2.45) is 5.92 Å². The van der Waals surface area contributed by atoms with Crippen LogP contribution in [0, 0.1) is 5.92 Å². The van der Waals surface area contributed by atoms with Crippen molar-refractivity contribution in [3.8, 4) is 0 Å². The summed E-state index contributed by atoms with van der Waals surface area (Å²) in [6, 6.07) is 0. The number of rotatable bonds is 6. The summed E-state index contributed by atoms with van der Waals surface area (Å²) in [5.41, 5.74) is -1.26. The number of carboxylic acid groups (broad SMARTS) is 1. The lowest BCUT2D eigenvalue weighted by Crippen LogP contribution is -2.56. The number of amides is 1. The third kappa shape index (κ3) is 3.17. The minimum atomic E-state index is -1.26. The van der Waals surface area contributed by atoms with Crippen LogP contribution in [0.5, 0.6) is 0 Å². The Hall–Kier alpha value is -1.14. The summed E-state index contributed by atoms with van der Waals surface area (Å²) in [4.78, 5) is 22.7. The number of hydrogen-bond acceptors (Lipinski definition) is 4. The Morgan fingerprint density at radius 1 is 1.47 bits per heavy atom. The van der Waals surface area contributed by atoms with E-state index in [2.05, 4.69) is 5.32 Å². The van der Waals surface area contributed by atoms with Crippen molar-refractivity contribution in [2.45, 2.75) is 24.8 Å². The van der Waals surface area contributed by atoms with Crippen LogP contribution in [-0.2, 0) is 19.1 Å². The van der Waals surface area contributed by atoms with Gasteiger partial charge in [0.2, 0.25) is 5.91 Å². The molecule has 6 nitrogen and oxygen atoms in total. The summed E-state index contributed by atoms with van der Waals surface area (Å²) in [5, 5.41) is 11.6. The van der Waals surface area contributed by atoms with E-state index in [0.717, 1.165) is 12.8 Å². The Labute approximate surface area is 99.3 Å². The lowest BCUT2D eigenvalue weighted by molar-refractivity contribution is -0.148. The molecule has 1 unspecified atom stereocenters. The summed E-state index contributed by atoms with van der Waals surface area (Å²) >= 11 is 0. The molecule has 1 heterocycles. The molecule has 0 aromatic rings. The minimum Gasteiger partial charge on any atom is -0.479 e. The van der Waals surface area contributed by atoms with Crippen molar-refractivity contribution in [2.75, 3.05) is 26.4 Å². The molecule has 6 heteroatoms. The number of ether oxygens (including phenoxy) is 2. The van der Waals surface area contributed by atoms with Crippen LogP contribution < -0.4 is 5.32 Å². The van der Waals surface area contributed by atoms with Crippen LogP contribution in [-0.4, -0.2) is 48.9 Å². The van der Waals surface area contributed by atoms with Gasteiger partial charge in [-0.2, -0.15) is 0 Å². The van der Waals surface area contributed by atoms with Gasteiger partial charge >= 0.3 is 5.97 Å². The number of carbonyl (C=O) groups excluding carboxylic acids is 1.